The first-order valence-electron chi connectivity index (χ1n) is 6.65. The Kier molecular flexibility index (Phi) is 3.11. The minimum absolute atomic E-state index is 0.156. The lowest BCUT2D eigenvalue weighted by Crippen LogP contribution is -2.55. The Morgan fingerprint density at radius 1 is 1.50 bits per heavy atom. The van der Waals surface area contributed by atoms with E-state index in [1.807, 2.05) is 6.92 Å². The van der Waals surface area contributed by atoms with Crippen LogP contribution >= 0.6 is 11.3 Å². The summed E-state index contributed by atoms with van der Waals surface area (Å²) in [6.07, 6.45) is 4.43. The SMILES string of the molecule is Cc1csc(C2(NC(=O)C3CNC3)CCCC2)n1. The minimum atomic E-state index is -0.175. The van der Waals surface area contributed by atoms with E-state index in [2.05, 4.69) is 21.0 Å². The molecule has 0 unspecified atom stereocenters. The van der Waals surface area contributed by atoms with Gasteiger partial charge in [0.25, 0.3) is 0 Å². The van der Waals surface area contributed by atoms with Crippen LogP contribution in [0.2, 0.25) is 0 Å². The number of nitrogens with zero attached hydrogens (tertiary/aromatic N) is 1. The molecule has 0 radical (unpaired) electrons. The van der Waals surface area contributed by atoms with Crippen molar-refractivity contribution in [2.24, 2.45) is 5.92 Å². The average molecular weight is 265 g/mol. The summed E-state index contributed by atoms with van der Waals surface area (Å²) in [5.41, 5.74) is 0.881. The lowest BCUT2D eigenvalue weighted by atomic mass is 9.95. The zero-order chi connectivity index (χ0) is 12.6. The predicted octanol–water partition coefficient (Wildman–Crippen LogP) is 1.56. The van der Waals surface area contributed by atoms with Crippen molar-refractivity contribution in [3.63, 3.8) is 0 Å². The molecule has 0 bridgehead atoms. The first-order valence-corrected chi connectivity index (χ1v) is 7.53. The molecule has 1 saturated carbocycles. The molecule has 4 nitrogen and oxygen atoms in total. The smallest absolute Gasteiger partial charge is 0.226 e. The van der Waals surface area contributed by atoms with Crippen LogP contribution in [0, 0.1) is 12.8 Å². The van der Waals surface area contributed by atoms with Crippen molar-refractivity contribution in [2.75, 3.05) is 13.1 Å². The van der Waals surface area contributed by atoms with Crippen molar-refractivity contribution >= 4 is 17.2 Å². The van der Waals surface area contributed by atoms with E-state index < -0.39 is 0 Å². The molecule has 1 aromatic rings. The van der Waals surface area contributed by atoms with Gasteiger partial charge in [-0.2, -0.15) is 0 Å². The molecule has 1 saturated heterocycles. The second-order valence-corrected chi connectivity index (χ2v) is 6.29. The fourth-order valence-corrected chi connectivity index (χ4v) is 3.77. The molecule has 3 rings (SSSR count). The first-order chi connectivity index (χ1) is 8.70. The van der Waals surface area contributed by atoms with E-state index in [-0.39, 0.29) is 17.4 Å². The number of thiazole rings is 1. The molecule has 2 fully saturated rings. The summed E-state index contributed by atoms with van der Waals surface area (Å²) in [6.45, 7) is 3.65. The van der Waals surface area contributed by atoms with Gasteiger partial charge in [0.2, 0.25) is 5.91 Å². The van der Waals surface area contributed by atoms with Crippen LogP contribution in [0.25, 0.3) is 0 Å². The van der Waals surface area contributed by atoms with E-state index in [9.17, 15) is 4.79 Å². The van der Waals surface area contributed by atoms with Crippen LogP contribution in [0.5, 0.6) is 0 Å². The van der Waals surface area contributed by atoms with E-state index in [0.717, 1.165) is 36.6 Å². The van der Waals surface area contributed by atoms with Crippen LogP contribution in [-0.4, -0.2) is 24.0 Å². The Bertz CT molecular complexity index is 447. The topological polar surface area (TPSA) is 54.0 Å². The van der Waals surface area contributed by atoms with Crippen molar-refractivity contribution in [1.82, 2.24) is 15.6 Å². The predicted molar refractivity (Wildman–Crippen MR) is 71.5 cm³/mol. The van der Waals surface area contributed by atoms with E-state index in [4.69, 9.17) is 0 Å². The molecule has 0 atom stereocenters. The molecule has 2 heterocycles. The Balaban J connectivity index is 1.80. The third kappa shape index (κ3) is 2.06. The largest absolute Gasteiger partial charge is 0.344 e. The van der Waals surface area contributed by atoms with Crippen LogP contribution in [0.1, 0.15) is 36.4 Å². The number of carbonyl (C=O) groups is 1. The van der Waals surface area contributed by atoms with Crippen LogP contribution < -0.4 is 10.6 Å². The van der Waals surface area contributed by atoms with Gasteiger partial charge >= 0.3 is 0 Å². The molecule has 1 aliphatic carbocycles. The monoisotopic (exact) mass is 265 g/mol. The molecule has 1 aromatic heterocycles. The number of nitrogens with one attached hydrogen (secondary N) is 2. The lowest BCUT2D eigenvalue weighted by Gasteiger charge is -2.33. The molecular formula is C13H19N3OS. The lowest BCUT2D eigenvalue weighted by molar-refractivity contribution is -0.128. The summed E-state index contributed by atoms with van der Waals surface area (Å²) in [4.78, 5) is 16.8. The van der Waals surface area contributed by atoms with Gasteiger partial charge in [-0.25, -0.2) is 4.98 Å². The van der Waals surface area contributed by atoms with Crippen LogP contribution in [-0.2, 0) is 10.3 Å². The van der Waals surface area contributed by atoms with E-state index in [1.165, 1.54) is 12.8 Å². The van der Waals surface area contributed by atoms with Gasteiger partial charge in [0, 0.05) is 24.2 Å². The molecule has 1 amide bonds. The molecule has 2 aliphatic rings. The zero-order valence-electron chi connectivity index (χ0n) is 10.7. The molecule has 98 valence electrons. The maximum absolute atomic E-state index is 12.2. The standard InChI is InChI=1S/C13H19N3OS/c1-9-8-18-12(15-9)13(4-2-3-5-13)16-11(17)10-6-14-7-10/h8,10,14H,2-7H2,1H3,(H,16,17). The zero-order valence-corrected chi connectivity index (χ0v) is 11.5. The third-order valence-electron chi connectivity index (χ3n) is 4.00. The summed E-state index contributed by atoms with van der Waals surface area (Å²) in [5, 5.41) is 9.61. The molecule has 18 heavy (non-hydrogen) atoms. The number of amides is 1. The van der Waals surface area contributed by atoms with Gasteiger partial charge in [0.05, 0.1) is 11.5 Å². The maximum Gasteiger partial charge on any atom is 0.226 e. The van der Waals surface area contributed by atoms with Crippen molar-refractivity contribution in [2.45, 2.75) is 38.1 Å². The molecule has 0 spiro atoms. The van der Waals surface area contributed by atoms with Gasteiger partial charge in [-0.3, -0.25) is 4.79 Å². The summed E-state index contributed by atoms with van der Waals surface area (Å²) in [5.74, 6) is 0.354. The Morgan fingerprint density at radius 2 is 2.22 bits per heavy atom. The van der Waals surface area contributed by atoms with Gasteiger partial charge < -0.3 is 10.6 Å². The Hall–Kier alpha value is -0.940. The number of carbonyl (C=O) groups excluding carboxylic acids is 1. The van der Waals surface area contributed by atoms with Gasteiger partial charge in [0.15, 0.2) is 0 Å². The fourth-order valence-electron chi connectivity index (χ4n) is 2.76. The van der Waals surface area contributed by atoms with Crippen LogP contribution in [0.15, 0.2) is 5.38 Å². The quantitative estimate of drug-likeness (QED) is 0.872. The van der Waals surface area contributed by atoms with Gasteiger partial charge in [0.1, 0.15) is 5.01 Å². The summed E-state index contributed by atoms with van der Waals surface area (Å²) in [6, 6.07) is 0. The highest BCUT2D eigenvalue weighted by Crippen LogP contribution is 2.40. The van der Waals surface area contributed by atoms with Crippen LogP contribution in [0.3, 0.4) is 0 Å². The summed E-state index contributed by atoms with van der Waals surface area (Å²) in [7, 11) is 0. The third-order valence-corrected chi connectivity index (χ3v) is 5.16. The average Bonchev–Trinajstić information content (AvgIpc) is 2.85. The van der Waals surface area contributed by atoms with Crippen molar-refractivity contribution in [3.05, 3.63) is 16.1 Å². The van der Waals surface area contributed by atoms with Gasteiger partial charge in [-0.15, -0.1) is 11.3 Å². The van der Waals surface area contributed by atoms with Crippen molar-refractivity contribution in [1.29, 1.82) is 0 Å². The molecular weight excluding hydrogens is 246 g/mol. The Morgan fingerprint density at radius 3 is 2.72 bits per heavy atom. The highest BCUT2D eigenvalue weighted by molar-refractivity contribution is 7.09. The van der Waals surface area contributed by atoms with Gasteiger partial charge in [-0.1, -0.05) is 12.8 Å². The van der Waals surface area contributed by atoms with E-state index in [0.29, 0.717) is 0 Å². The maximum atomic E-state index is 12.2. The fraction of sp³-hybridized carbons (Fsp3) is 0.692. The Labute approximate surface area is 111 Å². The second-order valence-electron chi connectivity index (χ2n) is 5.43. The van der Waals surface area contributed by atoms with Crippen molar-refractivity contribution in [3.8, 4) is 0 Å². The number of aromatic nitrogens is 1. The molecule has 5 heteroatoms. The second kappa shape index (κ2) is 4.63. The van der Waals surface area contributed by atoms with Crippen LogP contribution in [0.4, 0.5) is 0 Å². The minimum Gasteiger partial charge on any atom is -0.344 e. The number of hydrogen-bond acceptors (Lipinski definition) is 4. The molecule has 0 aromatic carbocycles. The highest BCUT2D eigenvalue weighted by atomic mass is 32.1. The van der Waals surface area contributed by atoms with Crippen molar-refractivity contribution < 1.29 is 4.79 Å². The number of hydrogen-bond donors (Lipinski definition) is 2. The normalized spacial score (nSPS) is 22.7. The molecule has 2 N–H and O–H groups in total. The molecule has 1 aliphatic heterocycles. The number of aryl methyl sites for hydroxylation is 1. The van der Waals surface area contributed by atoms with E-state index in [1.54, 1.807) is 11.3 Å². The number of rotatable bonds is 3. The van der Waals surface area contributed by atoms with E-state index >= 15 is 0 Å². The summed E-state index contributed by atoms with van der Waals surface area (Å²) < 4.78 is 0. The first kappa shape index (κ1) is 12.1. The van der Waals surface area contributed by atoms with Gasteiger partial charge in [-0.05, 0) is 19.8 Å². The highest BCUT2D eigenvalue weighted by Gasteiger charge is 2.41. The summed E-state index contributed by atoms with van der Waals surface area (Å²) >= 11 is 1.68.